The van der Waals surface area contributed by atoms with E-state index in [0.29, 0.717) is 29.5 Å². The minimum atomic E-state index is -0.305. The first kappa shape index (κ1) is 21.5. The molecule has 1 atom stereocenters. The normalized spacial score (nSPS) is 15.9. The van der Waals surface area contributed by atoms with Gasteiger partial charge in [-0.1, -0.05) is 12.1 Å². The number of halogens is 1. The third kappa shape index (κ3) is 4.94. The zero-order chi connectivity index (χ0) is 22.0. The first-order valence-corrected chi connectivity index (χ1v) is 10.9. The van der Waals surface area contributed by atoms with Crippen LogP contribution in [0, 0.1) is 19.7 Å². The lowest BCUT2D eigenvalue weighted by atomic mass is 10.0. The zero-order valence-corrected chi connectivity index (χ0v) is 18.5. The molecule has 2 N–H and O–H groups in total. The van der Waals surface area contributed by atoms with Crippen molar-refractivity contribution in [2.45, 2.75) is 39.3 Å². The zero-order valence-electron chi connectivity index (χ0n) is 17.7. The third-order valence-corrected chi connectivity index (χ3v) is 6.07. The number of pyridine rings is 1. The average Bonchev–Trinajstić information content (AvgIpc) is 3.26. The number of hydrogen-bond donors (Lipinski definition) is 2. The van der Waals surface area contributed by atoms with E-state index < -0.39 is 0 Å². The van der Waals surface area contributed by atoms with Crippen molar-refractivity contribution in [2.24, 2.45) is 0 Å². The summed E-state index contributed by atoms with van der Waals surface area (Å²) in [5.74, 6) is -0.305. The van der Waals surface area contributed by atoms with Gasteiger partial charge < -0.3 is 19.9 Å². The van der Waals surface area contributed by atoms with Crippen molar-refractivity contribution in [3.05, 3.63) is 75.3 Å². The number of benzene rings is 2. The van der Waals surface area contributed by atoms with Gasteiger partial charge in [0.05, 0.1) is 18.2 Å². The van der Waals surface area contributed by atoms with E-state index in [-0.39, 0.29) is 17.5 Å². The largest absolute Gasteiger partial charge is 0.376 e. The molecule has 0 radical (unpaired) electrons. The fourth-order valence-electron chi connectivity index (χ4n) is 3.93. The van der Waals surface area contributed by atoms with Crippen molar-refractivity contribution in [3.8, 4) is 0 Å². The van der Waals surface area contributed by atoms with Gasteiger partial charge >= 0.3 is 0 Å². The maximum Gasteiger partial charge on any atom is 0.253 e. The number of thiocarbonyl (C=S) groups is 1. The molecule has 162 valence electrons. The maximum atomic E-state index is 13.2. The Hall–Kier alpha value is -2.77. The Labute approximate surface area is 186 Å². The molecule has 1 saturated heterocycles. The molecule has 4 rings (SSSR count). The summed E-state index contributed by atoms with van der Waals surface area (Å²) in [5, 5.41) is 4.67. The number of hydrogen-bond acceptors (Lipinski definition) is 3. The molecule has 5 nitrogen and oxygen atoms in total. The molecule has 1 aliphatic heterocycles. The number of anilines is 1. The average molecular weight is 440 g/mol. The summed E-state index contributed by atoms with van der Waals surface area (Å²) in [7, 11) is 0. The number of ether oxygens (including phenoxy) is 1. The molecule has 0 spiro atoms. The number of rotatable bonds is 5. The first-order valence-electron chi connectivity index (χ1n) is 10.5. The van der Waals surface area contributed by atoms with Crippen molar-refractivity contribution >= 4 is 33.9 Å². The fraction of sp³-hybridized carbons (Fsp3) is 0.333. The Bertz CT molecular complexity index is 1150. The minimum Gasteiger partial charge on any atom is -0.376 e. The summed E-state index contributed by atoms with van der Waals surface area (Å²) < 4.78 is 19.1. The molecule has 31 heavy (non-hydrogen) atoms. The number of fused-ring (bicyclic) bond motifs is 1. The maximum absolute atomic E-state index is 13.2. The quantitative estimate of drug-likeness (QED) is 0.566. The Morgan fingerprint density at radius 3 is 2.68 bits per heavy atom. The molecule has 2 aromatic carbocycles. The van der Waals surface area contributed by atoms with Gasteiger partial charge in [-0.2, -0.15) is 0 Å². The summed E-state index contributed by atoms with van der Waals surface area (Å²) in [6, 6.07) is 12.1. The molecule has 2 heterocycles. The topological polar surface area (TPSA) is 57.4 Å². The van der Waals surface area contributed by atoms with E-state index in [9.17, 15) is 9.18 Å². The van der Waals surface area contributed by atoms with Crippen LogP contribution in [0.4, 0.5) is 10.1 Å². The molecule has 0 bridgehead atoms. The molecule has 1 aromatic heterocycles. The fourth-order valence-corrected chi connectivity index (χ4v) is 4.19. The number of aromatic nitrogens is 1. The lowest BCUT2D eigenvalue weighted by Crippen LogP contribution is -2.40. The number of H-pyrrole nitrogens is 1. The molecular formula is C24H26FN3O2S. The second-order valence-corrected chi connectivity index (χ2v) is 8.45. The summed E-state index contributed by atoms with van der Waals surface area (Å²) in [6.07, 6.45) is 2.05. The molecule has 0 amide bonds. The van der Waals surface area contributed by atoms with Crippen LogP contribution < -0.4 is 10.9 Å². The van der Waals surface area contributed by atoms with Crippen molar-refractivity contribution in [2.75, 3.05) is 18.5 Å². The lowest BCUT2D eigenvalue weighted by Gasteiger charge is -2.28. The van der Waals surface area contributed by atoms with Crippen LogP contribution in [-0.2, 0) is 11.3 Å². The van der Waals surface area contributed by atoms with Crippen molar-refractivity contribution in [3.63, 3.8) is 0 Å². The predicted molar refractivity (Wildman–Crippen MR) is 126 cm³/mol. The minimum absolute atomic E-state index is 0.0662. The molecule has 0 aliphatic carbocycles. The summed E-state index contributed by atoms with van der Waals surface area (Å²) in [4.78, 5) is 17.9. The van der Waals surface area contributed by atoms with Gasteiger partial charge in [-0.25, -0.2) is 4.39 Å². The Morgan fingerprint density at radius 1 is 1.23 bits per heavy atom. The third-order valence-electron chi connectivity index (χ3n) is 5.71. The van der Waals surface area contributed by atoms with Crippen LogP contribution in [0.1, 0.15) is 29.5 Å². The summed E-state index contributed by atoms with van der Waals surface area (Å²) >= 11 is 5.66. The Morgan fingerprint density at radius 2 is 1.97 bits per heavy atom. The van der Waals surface area contributed by atoms with E-state index in [2.05, 4.69) is 16.4 Å². The van der Waals surface area contributed by atoms with Gasteiger partial charge in [0, 0.05) is 29.8 Å². The highest BCUT2D eigenvalue weighted by Crippen LogP contribution is 2.21. The predicted octanol–water partition coefficient (Wildman–Crippen LogP) is 4.66. The van der Waals surface area contributed by atoms with Gasteiger partial charge in [0.1, 0.15) is 5.82 Å². The number of aryl methyl sites for hydroxylation is 2. The van der Waals surface area contributed by atoms with E-state index in [1.165, 1.54) is 12.1 Å². The van der Waals surface area contributed by atoms with Gasteiger partial charge in [-0.15, -0.1) is 0 Å². The van der Waals surface area contributed by atoms with E-state index in [4.69, 9.17) is 17.0 Å². The van der Waals surface area contributed by atoms with Crippen molar-refractivity contribution < 1.29 is 9.13 Å². The lowest BCUT2D eigenvalue weighted by molar-refractivity contribution is 0.0904. The second-order valence-electron chi connectivity index (χ2n) is 8.06. The number of nitrogens with zero attached hydrogens (tertiary/aromatic N) is 1. The van der Waals surface area contributed by atoms with Gasteiger partial charge in [-0.3, -0.25) is 4.79 Å². The molecule has 1 fully saturated rings. The van der Waals surface area contributed by atoms with Crippen LogP contribution in [0.2, 0.25) is 0 Å². The smallest absolute Gasteiger partial charge is 0.253 e. The first-order chi connectivity index (χ1) is 14.9. The van der Waals surface area contributed by atoms with Crippen LogP contribution in [0.15, 0.2) is 47.3 Å². The van der Waals surface area contributed by atoms with Crippen molar-refractivity contribution in [1.82, 2.24) is 9.88 Å². The molecule has 1 unspecified atom stereocenters. The van der Waals surface area contributed by atoms with Crippen molar-refractivity contribution in [1.29, 1.82) is 0 Å². The molecule has 1 aliphatic rings. The monoisotopic (exact) mass is 439 g/mol. The molecule has 3 aromatic rings. The number of nitrogens with one attached hydrogen (secondary N) is 2. The summed E-state index contributed by atoms with van der Waals surface area (Å²) in [5.41, 5.74) is 4.23. The van der Waals surface area contributed by atoms with Crippen LogP contribution >= 0.6 is 12.2 Å². The van der Waals surface area contributed by atoms with Gasteiger partial charge in [-0.05, 0) is 80.4 Å². The Kier molecular flexibility index (Phi) is 6.34. The highest BCUT2D eigenvalue weighted by molar-refractivity contribution is 7.80. The second kappa shape index (κ2) is 9.16. The molecular weight excluding hydrogens is 413 g/mol. The number of aromatic amines is 1. The van der Waals surface area contributed by atoms with E-state index in [1.807, 2.05) is 30.9 Å². The van der Waals surface area contributed by atoms with Crippen LogP contribution in [0.3, 0.4) is 0 Å². The Balaban J connectivity index is 1.63. The van der Waals surface area contributed by atoms with Crippen LogP contribution in [0.25, 0.3) is 10.9 Å². The summed E-state index contributed by atoms with van der Waals surface area (Å²) in [6.45, 7) is 5.70. The van der Waals surface area contributed by atoms with Gasteiger partial charge in [0.15, 0.2) is 5.11 Å². The molecule has 0 saturated carbocycles. The van der Waals surface area contributed by atoms with E-state index in [0.717, 1.165) is 41.5 Å². The highest BCUT2D eigenvalue weighted by atomic mass is 32.1. The van der Waals surface area contributed by atoms with Gasteiger partial charge in [0.25, 0.3) is 5.56 Å². The van der Waals surface area contributed by atoms with Crippen LogP contribution in [-0.4, -0.2) is 34.3 Å². The van der Waals surface area contributed by atoms with E-state index >= 15 is 0 Å². The van der Waals surface area contributed by atoms with E-state index in [1.54, 1.807) is 12.1 Å². The molecule has 7 heteroatoms. The SMILES string of the molecule is Cc1ccc(C)c2[nH]c(=O)c(CN(CC3CCCO3)C(=S)Nc3ccc(F)cc3)cc12. The van der Waals surface area contributed by atoms with Gasteiger partial charge in [0.2, 0.25) is 0 Å². The standard InChI is InChI=1S/C24H26FN3O2S/c1-15-5-6-16(2)22-21(15)12-17(23(29)27-22)13-28(14-20-4-3-11-30-20)24(31)26-19-9-7-18(25)8-10-19/h5-10,12,20H,3-4,11,13-14H2,1-2H3,(H,26,31)(H,27,29). The van der Waals surface area contributed by atoms with Crippen LogP contribution in [0.5, 0.6) is 0 Å². The highest BCUT2D eigenvalue weighted by Gasteiger charge is 2.22.